The Labute approximate surface area is 79.6 Å². The topological polar surface area (TPSA) is 28.4 Å². The predicted octanol–water partition coefficient (Wildman–Crippen LogP) is 1.85. The van der Waals surface area contributed by atoms with E-state index in [0.29, 0.717) is 0 Å². The van der Waals surface area contributed by atoms with Gasteiger partial charge in [-0.2, -0.15) is 0 Å². The molecule has 13 heavy (non-hydrogen) atoms. The van der Waals surface area contributed by atoms with Crippen molar-refractivity contribution in [2.24, 2.45) is 0 Å². The molecule has 3 heteroatoms. The van der Waals surface area contributed by atoms with Crippen LogP contribution in [0.2, 0.25) is 0 Å². The molecule has 0 fully saturated rings. The Morgan fingerprint density at radius 3 is 2.77 bits per heavy atom. The van der Waals surface area contributed by atoms with Crippen LogP contribution in [0.5, 0.6) is 0 Å². The molecule has 0 bridgehead atoms. The summed E-state index contributed by atoms with van der Waals surface area (Å²) in [6, 6.07) is 3.95. The minimum Gasteiger partial charge on any atom is -0.373 e. The lowest BCUT2D eigenvalue weighted by Crippen LogP contribution is -2.17. The van der Waals surface area contributed by atoms with Crippen molar-refractivity contribution in [3.05, 3.63) is 18.3 Å². The van der Waals surface area contributed by atoms with Gasteiger partial charge >= 0.3 is 0 Å². The summed E-state index contributed by atoms with van der Waals surface area (Å²) in [4.78, 5) is 2.00. The van der Waals surface area contributed by atoms with E-state index in [1.807, 2.05) is 41.9 Å². The van der Waals surface area contributed by atoms with Crippen LogP contribution in [0.3, 0.4) is 0 Å². The molecule has 0 aliphatic heterocycles. The molecule has 0 saturated carbocycles. The van der Waals surface area contributed by atoms with Crippen LogP contribution >= 0.6 is 0 Å². The van der Waals surface area contributed by atoms with Crippen LogP contribution in [0.15, 0.2) is 18.3 Å². The van der Waals surface area contributed by atoms with Crippen molar-refractivity contribution in [2.75, 3.05) is 19.0 Å². The third-order valence-corrected chi connectivity index (χ3v) is 2.08. The van der Waals surface area contributed by atoms with Crippen molar-refractivity contribution >= 4 is 5.82 Å². The maximum atomic E-state index is 9.78. The quantitative estimate of drug-likeness (QED) is 0.769. The average Bonchev–Trinajstić information content (AvgIpc) is 2.52. The molecule has 1 heterocycles. The fraction of sp³-hybridized carbons (Fsp3) is 0.600. The van der Waals surface area contributed by atoms with Gasteiger partial charge in [-0.1, -0.05) is 13.3 Å². The highest BCUT2D eigenvalue weighted by molar-refractivity contribution is 5.38. The molecule has 1 atom stereocenters. The molecule has 0 aromatic carbocycles. The van der Waals surface area contributed by atoms with Crippen LogP contribution in [0.25, 0.3) is 0 Å². The van der Waals surface area contributed by atoms with E-state index in [2.05, 4.69) is 6.92 Å². The van der Waals surface area contributed by atoms with Crippen LogP contribution in [0, 0.1) is 0 Å². The van der Waals surface area contributed by atoms with Gasteiger partial charge in [-0.3, -0.25) is 0 Å². The molecule has 0 amide bonds. The monoisotopic (exact) mass is 182 g/mol. The number of rotatable bonds is 4. The zero-order valence-electron chi connectivity index (χ0n) is 8.57. The van der Waals surface area contributed by atoms with Crippen LogP contribution in [-0.4, -0.2) is 23.8 Å². The molecule has 1 N–H and O–H groups in total. The molecule has 1 rings (SSSR count). The van der Waals surface area contributed by atoms with Gasteiger partial charge in [0.25, 0.3) is 0 Å². The molecular formula is C10H18N2O. The smallest absolute Gasteiger partial charge is 0.131 e. The van der Waals surface area contributed by atoms with E-state index in [-0.39, 0.29) is 0 Å². The summed E-state index contributed by atoms with van der Waals surface area (Å²) in [5.41, 5.74) is 0. The molecule has 0 radical (unpaired) electrons. The standard InChI is InChI=1S/C10H18N2O/c1-4-6-10(13)12-8-5-7-9(12)11(2)3/h5,7-8,10,13H,4,6H2,1-3H3. The van der Waals surface area contributed by atoms with Gasteiger partial charge in [-0.05, 0) is 18.6 Å². The zero-order valence-corrected chi connectivity index (χ0v) is 8.57. The molecular weight excluding hydrogens is 164 g/mol. The van der Waals surface area contributed by atoms with E-state index in [9.17, 15) is 5.11 Å². The Morgan fingerprint density at radius 2 is 2.23 bits per heavy atom. The first-order valence-corrected chi connectivity index (χ1v) is 4.69. The second kappa shape index (κ2) is 4.33. The van der Waals surface area contributed by atoms with E-state index in [1.165, 1.54) is 0 Å². The molecule has 74 valence electrons. The second-order valence-electron chi connectivity index (χ2n) is 3.44. The number of nitrogens with zero attached hydrogens (tertiary/aromatic N) is 2. The van der Waals surface area contributed by atoms with Crippen molar-refractivity contribution in [3.63, 3.8) is 0 Å². The number of hydrogen-bond donors (Lipinski definition) is 1. The Balaban J connectivity index is 2.80. The third-order valence-electron chi connectivity index (χ3n) is 2.08. The summed E-state index contributed by atoms with van der Waals surface area (Å²) in [6.07, 6.45) is 3.31. The predicted molar refractivity (Wildman–Crippen MR) is 54.9 cm³/mol. The van der Waals surface area contributed by atoms with Crippen molar-refractivity contribution in [2.45, 2.75) is 26.0 Å². The first-order valence-electron chi connectivity index (χ1n) is 4.69. The van der Waals surface area contributed by atoms with Gasteiger partial charge in [-0.15, -0.1) is 0 Å². The molecule has 0 saturated heterocycles. The highest BCUT2D eigenvalue weighted by atomic mass is 16.3. The lowest BCUT2D eigenvalue weighted by atomic mass is 10.3. The number of anilines is 1. The fourth-order valence-corrected chi connectivity index (χ4v) is 1.41. The van der Waals surface area contributed by atoms with E-state index in [4.69, 9.17) is 0 Å². The molecule has 0 aliphatic rings. The van der Waals surface area contributed by atoms with Gasteiger partial charge in [-0.25, -0.2) is 0 Å². The van der Waals surface area contributed by atoms with Gasteiger partial charge < -0.3 is 14.6 Å². The molecule has 1 aromatic heterocycles. The number of hydrogen-bond acceptors (Lipinski definition) is 2. The van der Waals surface area contributed by atoms with Crippen molar-refractivity contribution in [3.8, 4) is 0 Å². The summed E-state index contributed by atoms with van der Waals surface area (Å²) in [7, 11) is 3.95. The van der Waals surface area contributed by atoms with Gasteiger partial charge in [0.1, 0.15) is 12.0 Å². The van der Waals surface area contributed by atoms with Crippen molar-refractivity contribution in [1.29, 1.82) is 0 Å². The molecule has 1 aromatic rings. The first-order chi connectivity index (χ1) is 6.16. The van der Waals surface area contributed by atoms with E-state index in [0.717, 1.165) is 18.7 Å². The number of aromatic nitrogens is 1. The summed E-state index contributed by atoms with van der Waals surface area (Å²) in [6.45, 7) is 2.07. The van der Waals surface area contributed by atoms with E-state index in [1.54, 1.807) is 0 Å². The largest absolute Gasteiger partial charge is 0.373 e. The Kier molecular flexibility index (Phi) is 3.37. The van der Waals surface area contributed by atoms with Crippen LogP contribution in [-0.2, 0) is 0 Å². The van der Waals surface area contributed by atoms with Crippen LogP contribution in [0.1, 0.15) is 26.0 Å². The van der Waals surface area contributed by atoms with E-state index < -0.39 is 6.23 Å². The first kappa shape index (κ1) is 10.1. The highest BCUT2D eigenvalue weighted by Crippen LogP contribution is 2.19. The fourth-order valence-electron chi connectivity index (χ4n) is 1.41. The Bertz CT molecular complexity index is 255. The molecule has 0 aliphatic carbocycles. The lowest BCUT2D eigenvalue weighted by molar-refractivity contribution is 0.0954. The minimum atomic E-state index is -0.391. The maximum Gasteiger partial charge on any atom is 0.131 e. The van der Waals surface area contributed by atoms with Gasteiger partial charge in [0.05, 0.1) is 0 Å². The summed E-state index contributed by atoms with van der Waals surface area (Å²) in [5.74, 6) is 1.04. The van der Waals surface area contributed by atoms with Gasteiger partial charge in [0.15, 0.2) is 0 Å². The SMILES string of the molecule is CCCC(O)n1cccc1N(C)C. The molecule has 0 spiro atoms. The normalized spacial score (nSPS) is 12.9. The van der Waals surface area contributed by atoms with E-state index >= 15 is 0 Å². The lowest BCUT2D eigenvalue weighted by Gasteiger charge is -2.20. The maximum absolute atomic E-state index is 9.78. The highest BCUT2D eigenvalue weighted by Gasteiger charge is 2.09. The minimum absolute atomic E-state index is 0.391. The van der Waals surface area contributed by atoms with Crippen molar-refractivity contribution in [1.82, 2.24) is 4.57 Å². The summed E-state index contributed by atoms with van der Waals surface area (Å²) in [5, 5.41) is 9.78. The van der Waals surface area contributed by atoms with Crippen LogP contribution < -0.4 is 4.90 Å². The van der Waals surface area contributed by atoms with Crippen molar-refractivity contribution < 1.29 is 5.11 Å². The second-order valence-corrected chi connectivity index (χ2v) is 3.44. The summed E-state index contributed by atoms with van der Waals surface area (Å²) < 4.78 is 1.89. The average molecular weight is 182 g/mol. The Morgan fingerprint density at radius 1 is 1.54 bits per heavy atom. The van der Waals surface area contributed by atoms with Gasteiger partial charge in [0, 0.05) is 20.3 Å². The third kappa shape index (κ3) is 2.25. The molecule has 3 nitrogen and oxygen atoms in total. The van der Waals surface area contributed by atoms with Gasteiger partial charge in [0.2, 0.25) is 0 Å². The summed E-state index contributed by atoms with van der Waals surface area (Å²) >= 11 is 0. The number of aliphatic hydroxyl groups is 1. The zero-order chi connectivity index (χ0) is 9.84. The number of aliphatic hydroxyl groups excluding tert-OH is 1. The Hall–Kier alpha value is -0.960. The molecule has 1 unspecified atom stereocenters. The van der Waals surface area contributed by atoms with Crippen LogP contribution in [0.4, 0.5) is 5.82 Å².